The standard InChI is InChI=1S/C22H22F4N2O2S/c23-17-10-15(18-3-1-2-8-27-18)19(11-16(17)22(24,25)26)28-31-20-9-13(21(29)30)6-7-14(20)12-4-5-12/h6-7,9-12,18,27-28H,1-5,8H2,(H,29,30). The molecule has 0 radical (unpaired) electrons. The largest absolute Gasteiger partial charge is 0.478 e. The predicted octanol–water partition coefficient (Wildman–Crippen LogP) is 6.35. The molecule has 1 saturated carbocycles. The van der Waals surface area contributed by atoms with Crippen molar-refractivity contribution in [3.63, 3.8) is 0 Å². The maximum atomic E-state index is 14.3. The summed E-state index contributed by atoms with van der Waals surface area (Å²) in [7, 11) is 0. The van der Waals surface area contributed by atoms with E-state index in [0.717, 1.165) is 55.3 Å². The third-order valence-electron chi connectivity index (χ3n) is 5.68. The summed E-state index contributed by atoms with van der Waals surface area (Å²) in [6, 6.07) is 6.36. The van der Waals surface area contributed by atoms with Crippen molar-refractivity contribution in [2.75, 3.05) is 11.3 Å². The summed E-state index contributed by atoms with van der Waals surface area (Å²) in [4.78, 5) is 12.0. The molecule has 1 unspecified atom stereocenters. The van der Waals surface area contributed by atoms with Gasteiger partial charge in [0, 0.05) is 16.6 Å². The number of anilines is 1. The van der Waals surface area contributed by atoms with Crippen molar-refractivity contribution >= 4 is 23.6 Å². The van der Waals surface area contributed by atoms with E-state index in [9.17, 15) is 27.5 Å². The van der Waals surface area contributed by atoms with Gasteiger partial charge in [-0.3, -0.25) is 0 Å². The number of hydrogen-bond acceptors (Lipinski definition) is 4. The molecule has 0 bridgehead atoms. The van der Waals surface area contributed by atoms with Crippen LogP contribution in [-0.2, 0) is 6.18 Å². The van der Waals surface area contributed by atoms with Crippen LogP contribution in [0.2, 0.25) is 0 Å². The monoisotopic (exact) mass is 454 g/mol. The molecule has 1 saturated heterocycles. The van der Waals surface area contributed by atoms with E-state index in [4.69, 9.17) is 0 Å². The van der Waals surface area contributed by atoms with E-state index in [1.807, 2.05) is 0 Å². The summed E-state index contributed by atoms with van der Waals surface area (Å²) in [6.07, 6.45) is -0.265. The molecule has 2 aromatic rings. The molecule has 4 nitrogen and oxygen atoms in total. The van der Waals surface area contributed by atoms with Gasteiger partial charge in [0.2, 0.25) is 0 Å². The number of rotatable bonds is 6. The van der Waals surface area contributed by atoms with Gasteiger partial charge in [0.05, 0.1) is 11.1 Å². The minimum Gasteiger partial charge on any atom is -0.478 e. The van der Waals surface area contributed by atoms with Crippen LogP contribution >= 0.6 is 11.9 Å². The van der Waals surface area contributed by atoms with Gasteiger partial charge in [-0.25, -0.2) is 9.18 Å². The lowest BCUT2D eigenvalue weighted by atomic mass is 9.95. The zero-order valence-corrected chi connectivity index (χ0v) is 17.4. The lowest BCUT2D eigenvalue weighted by molar-refractivity contribution is -0.139. The van der Waals surface area contributed by atoms with Crippen LogP contribution in [0.3, 0.4) is 0 Å². The number of piperidine rings is 1. The fourth-order valence-electron chi connectivity index (χ4n) is 3.90. The highest BCUT2D eigenvalue weighted by molar-refractivity contribution is 8.00. The van der Waals surface area contributed by atoms with E-state index in [1.165, 1.54) is 12.1 Å². The molecule has 1 atom stereocenters. The average molecular weight is 454 g/mol. The first-order valence-electron chi connectivity index (χ1n) is 10.2. The number of benzene rings is 2. The van der Waals surface area contributed by atoms with Crippen molar-refractivity contribution in [2.24, 2.45) is 0 Å². The molecule has 1 aliphatic heterocycles. The minimum absolute atomic E-state index is 0.109. The van der Waals surface area contributed by atoms with Gasteiger partial charge < -0.3 is 15.1 Å². The predicted molar refractivity (Wildman–Crippen MR) is 111 cm³/mol. The van der Waals surface area contributed by atoms with Crippen molar-refractivity contribution in [2.45, 2.75) is 55.1 Å². The number of halogens is 4. The number of aromatic carboxylic acids is 1. The summed E-state index contributed by atoms with van der Waals surface area (Å²) in [5.41, 5.74) is 0.383. The Morgan fingerprint density at radius 3 is 2.48 bits per heavy atom. The molecule has 1 heterocycles. The molecule has 0 amide bonds. The number of hydrogen-bond donors (Lipinski definition) is 3. The fraction of sp³-hybridized carbons (Fsp3) is 0.409. The first kappa shape index (κ1) is 22.0. The lowest BCUT2D eigenvalue weighted by Gasteiger charge is -2.27. The Kier molecular flexibility index (Phi) is 6.16. The van der Waals surface area contributed by atoms with E-state index in [2.05, 4.69) is 10.0 Å². The molecule has 2 fully saturated rings. The topological polar surface area (TPSA) is 61.4 Å². The van der Waals surface area contributed by atoms with Crippen molar-refractivity contribution in [3.8, 4) is 0 Å². The van der Waals surface area contributed by atoms with Crippen molar-refractivity contribution in [1.82, 2.24) is 5.32 Å². The Balaban J connectivity index is 1.68. The Hall–Kier alpha value is -2.26. The fourth-order valence-corrected chi connectivity index (χ4v) is 4.83. The summed E-state index contributed by atoms with van der Waals surface area (Å²) >= 11 is 1.07. The van der Waals surface area contributed by atoms with Crippen molar-refractivity contribution < 1.29 is 27.5 Å². The first-order valence-corrected chi connectivity index (χ1v) is 11.0. The van der Waals surface area contributed by atoms with Crippen molar-refractivity contribution in [3.05, 3.63) is 58.4 Å². The van der Waals surface area contributed by atoms with E-state index in [0.29, 0.717) is 29.3 Å². The number of nitrogens with one attached hydrogen (secondary N) is 2. The molecule has 0 spiro atoms. The Bertz CT molecular complexity index is 986. The highest BCUT2D eigenvalue weighted by Crippen LogP contribution is 2.45. The lowest BCUT2D eigenvalue weighted by Crippen LogP contribution is -2.27. The van der Waals surface area contributed by atoms with Crippen LogP contribution in [-0.4, -0.2) is 17.6 Å². The second-order valence-corrected chi connectivity index (χ2v) is 8.80. The molecule has 2 aliphatic rings. The zero-order valence-electron chi connectivity index (χ0n) is 16.6. The molecule has 4 rings (SSSR count). The molecule has 3 N–H and O–H groups in total. The van der Waals surface area contributed by atoms with Crippen LogP contribution in [0, 0.1) is 5.82 Å². The van der Waals surface area contributed by atoms with Gasteiger partial charge in [-0.1, -0.05) is 12.5 Å². The van der Waals surface area contributed by atoms with Gasteiger partial charge >= 0.3 is 12.1 Å². The quantitative estimate of drug-likeness (QED) is 0.351. The maximum absolute atomic E-state index is 14.3. The van der Waals surface area contributed by atoms with E-state index < -0.39 is 23.5 Å². The van der Waals surface area contributed by atoms with Crippen LogP contribution < -0.4 is 10.0 Å². The molecule has 2 aromatic carbocycles. The third-order valence-corrected chi connectivity index (χ3v) is 6.57. The van der Waals surface area contributed by atoms with Gasteiger partial charge in [-0.05, 0) is 85.5 Å². The third kappa shape index (κ3) is 4.98. The van der Waals surface area contributed by atoms with Gasteiger partial charge in [-0.15, -0.1) is 0 Å². The minimum atomic E-state index is -4.81. The number of carbonyl (C=O) groups is 1. The van der Waals surface area contributed by atoms with Gasteiger partial charge in [0.25, 0.3) is 0 Å². The van der Waals surface area contributed by atoms with Crippen LogP contribution in [0.1, 0.15) is 71.1 Å². The Morgan fingerprint density at radius 2 is 1.87 bits per heavy atom. The van der Waals surface area contributed by atoms with Crippen LogP contribution in [0.15, 0.2) is 35.2 Å². The van der Waals surface area contributed by atoms with Crippen LogP contribution in [0.25, 0.3) is 0 Å². The van der Waals surface area contributed by atoms with E-state index in [-0.39, 0.29) is 17.3 Å². The maximum Gasteiger partial charge on any atom is 0.419 e. The SMILES string of the molecule is O=C(O)c1ccc(C2CC2)c(SNc2cc(C(F)(F)F)c(F)cc2C2CCCCN2)c1. The summed E-state index contributed by atoms with van der Waals surface area (Å²) in [5.74, 6) is -2.04. The Morgan fingerprint density at radius 1 is 1.10 bits per heavy atom. The normalized spacial score (nSPS) is 19.3. The average Bonchev–Trinajstić information content (AvgIpc) is 3.57. The van der Waals surface area contributed by atoms with Gasteiger partial charge in [0.15, 0.2) is 0 Å². The van der Waals surface area contributed by atoms with E-state index in [1.54, 1.807) is 6.07 Å². The number of carboxylic acid groups (broad SMARTS) is 1. The second kappa shape index (κ2) is 8.70. The first-order chi connectivity index (χ1) is 14.7. The van der Waals surface area contributed by atoms with E-state index >= 15 is 0 Å². The molecular weight excluding hydrogens is 432 g/mol. The molecular formula is C22H22F4N2O2S. The Labute approximate surface area is 181 Å². The molecule has 31 heavy (non-hydrogen) atoms. The summed E-state index contributed by atoms with van der Waals surface area (Å²) in [5, 5.41) is 12.6. The summed E-state index contributed by atoms with van der Waals surface area (Å²) in [6.45, 7) is 0.715. The molecule has 0 aromatic heterocycles. The van der Waals surface area contributed by atoms with Crippen LogP contribution in [0.5, 0.6) is 0 Å². The number of carboxylic acids is 1. The van der Waals surface area contributed by atoms with Gasteiger partial charge in [-0.2, -0.15) is 13.2 Å². The number of alkyl halides is 3. The smallest absolute Gasteiger partial charge is 0.419 e. The van der Waals surface area contributed by atoms with Gasteiger partial charge in [0.1, 0.15) is 5.82 Å². The highest BCUT2D eigenvalue weighted by atomic mass is 32.2. The summed E-state index contributed by atoms with van der Waals surface area (Å²) < 4.78 is 57.3. The van der Waals surface area contributed by atoms with Crippen molar-refractivity contribution in [1.29, 1.82) is 0 Å². The second-order valence-electron chi connectivity index (χ2n) is 7.96. The molecule has 166 valence electrons. The molecule has 1 aliphatic carbocycles. The zero-order chi connectivity index (χ0) is 22.2. The molecule has 9 heteroatoms. The highest BCUT2D eigenvalue weighted by Gasteiger charge is 2.36. The van der Waals surface area contributed by atoms with Crippen LogP contribution in [0.4, 0.5) is 23.2 Å².